The van der Waals surface area contributed by atoms with E-state index in [0.29, 0.717) is 16.3 Å². The van der Waals surface area contributed by atoms with Crippen LogP contribution in [0.25, 0.3) is 4.83 Å². The Balaban J connectivity index is 1.83. The van der Waals surface area contributed by atoms with Gasteiger partial charge in [0.15, 0.2) is 0 Å². The molecular weight excluding hydrogens is 292 g/mol. The van der Waals surface area contributed by atoms with Gasteiger partial charge in [-0.1, -0.05) is 0 Å². The van der Waals surface area contributed by atoms with Gasteiger partial charge in [0.1, 0.15) is 9.71 Å². The molecule has 3 heterocycles. The Kier molecular flexibility index (Phi) is 3.36. The van der Waals surface area contributed by atoms with Gasteiger partial charge in [-0.2, -0.15) is 0 Å². The summed E-state index contributed by atoms with van der Waals surface area (Å²) in [5.41, 5.74) is -0.112. The van der Waals surface area contributed by atoms with Gasteiger partial charge in [0.25, 0.3) is 11.5 Å². The molecule has 3 rings (SSSR count). The summed E-state index contributed by atoms with van der Waals surface area (Å²) in [6.07, 6.45) is 4.71. The van der Waals surface area contributed by atoms with Crippen molar-refractivity contribution >= 4 is 22.1 Å². The van der Waals surface area contributed by atoms with Crippen LogP contribution in [0, 0.1) is 0 Å². The molecule has 2 N–H and O–H groups in total. The highest BCUT2D eigenvalue weighted by Crippen LogP contribution is 2.14. The van der Waals surface area contributed by atoms with E-state index in [1.807, 2.05) is 0 Å². The van der Waals surface area contributed by atoms with Crippen LogP contribution in [0.4, 0.5) is 0 Å². The van der Waals surface area contributed by atoms with Crippen molar-refractivity contribution in [2.75, 3.05) is 0 Å². The number of rotatable bonds is 3. The van der Waals surface area contributed by atoms with Crippen LogP contribution in [-0.2, 0) is 6.54 Å². The zero-order valence-corrected chi connectivity index (χ0v) is 11.5. The standard InChI is InChI=1S/C13H10N4O3S/c18-10-5-11-17(13(20)16-10)7-9(21-11)12(19)15-6-8-1-3-14-4-2-8/h1-5,7H,6H2,(H,15,19)(H,16,18,20). The summed E-state index contributed by atoms with van der Waals surface area (Å²) < 4.78 is 1.24. The number of fused-ring (bicyclic) bond motifs is 1. The van der Waals surface area contributed by atoms with E-state index in [4.69, 9.17) is 0 Å². The summed E-state index contributed by atoms with van der Waals surface area (Å²) in [6.45, 7) is 0.365. The first kappa shape index (κ1) is 13.3. The van der Waals surface area contributed by atoms with Crippen molar-refractivity contribution in [3.63, 3.8) is 0 Å². The predicted molar refractivity (Wildman–Crippen MR) is 77.6 cm³/mol. The second kappa shape index (κ2) is 5.33. The molecule has 7 nitrogen and oxygen atoms in total. The molecule has 0 atom stereocenters. The molecule has 0 spiro atoms. The number of carbonyl (C=O) groups is 1. The zero-order chi connectivity index (χ0) is 14.8. The number of nitrogens with zero attached hydrogens (tertiary/aromatic N) is 2. The molecule has 106 valence electrons. The maximum Gasteiger partial charge on any atom is 0.333 e. The van der Waals surface area contributed by atoms with E-state index in [0.717, 1.165) is 16.9 Å². The molecule has 0 aliphatic carbocycles. The molecule has 3 aromatic heterocycles. The van der Waals surface area contributed by atoms with E-state index in [-0.39, 0.29) is 5.91 Å². The summed E-state index contributed by atoms with van der Waals surface area (Å²) >= 11 is 1.09. The summed E-state index contributed by atoms with van der Waals surface area (Å²) in [6, 6.07) is 4.88. The molecule has 21 heavy (non-hydrogen) atoms. The number of hydrogen-bond donors (Lipinski definition) is 2. The van der Waals surface area contributed by atoms with Gasteiger partial charge in [-0.3, -0.25) is 24.0 Å². The van der Waals surface area contributed by atoms with E-state index >= 15 is 0 Å². The molecule has 3 aromatic rings. The Morgan fingerprint density at radius 1 is 1.33 bits per heavy atom. The van der Waals surface area contributed by atoms with Crippen molar-refractivity contribution in [2.24, 2.45) is 0 Å². The first-order valence-corrected chi connectivity index (χ1v) is 6.88. The Morgan fingerprint density at radius 2 is 2.10 bits per heavy atom. The lowest BCUT2D eigenvalue weighted by Crippen LogP contribution is -2.24. The molecule has 0 bridgehead atoms. The highest BCUT2D eigenvalue weighted by atomic mass is 32.1. The Labute approximate surface area is 121 Å². The van der Waals surface area contributed by atoms with Crippen LogP contribution in [0.15, 0.2) is 46.4 Å². The predicted octanol–water partition coefficient (Wildman–Crippen LogP) is 0.374. The van der Waals surface area contributed by atoms with Crippen LogP contribution >= 0.6 is 11.3 Å². The van der Waals surface area contributed by atoms with E-state index in [9.17, 15) is 14.4 Å². The lowest BCUT2D eigenvalue weighted by Gasteiger charge is -2.02. The van der Waals surface area contributed by atoms with Gasteiger partial charge in [-0.15, -0.1) is 11.3 Å². The quantitative estimate of drug-likeness (QED) is 0.731. The summed E-state index contributed by atoms with van der Waals surface area (Å²) in [7, 11) is 0. The second-order valence-electron chi connectivity index (χ2n) is 4.28. The lowest BCUT2D eigenvalue weighted by molar-refractivity contribution is 0.0954. The monoisotopic (exact) mass is 302 g/mol. The molecule has 0 aliphatic heterocycles. The number of hydrogen-bond acceptors (Lipinski definition) is 5. The third kappa shape index (κ3) is 2.75. The highest BCUT2D eigenvalue weighted by molar-refractivity contribution is 7.19. The van der Waals surface area contributed by atoms with Crippen LogP contribution in [-0.4, -0.2) is 20.3 Å². The number of thiazole rings is 1. The molecule has 0 fully saturated rings. The normalized spacial score (nSPS) is 10.7. The molecule has 0 saturated carbocycles. The molecule has 0 unspecified atom stereocenters. The smallest absolute Gasteiger partial charge is 0.333 e. The zero-order valence-electron chi connectivity index (χ0n) is 10.7. The third-order valence-corrected chi connectivity index (χ3v) is 3.86. The van der Waals surface area contributed by atoms with Gasteiger partial charge in [0.05, 0.1) is 0 Å². The van der Waals surface area contributed by atoms with E-state index in [2.05, 4.69) is 15.3 Å². The number of nitrogens with one attached hydrogen (secondary N) is 2. The molecule has 8 heteroatoms. The largest absolute Gasteiger partial charge is 0.347 e. The molecule has 0 radical (unpaired) electrons. The number of carbonyl (C=O) groups excluding carboxylic acids is 1. The first-order chi connectivity index (χ1) is 10.1. The molecular formula is C13H10N4O3S. The van der Waals surface area contributed by atoms with Crippen LogP contribution in [0.3, 0.4) is 0 Å². The van der Waals surface area contributed by atoms with Gasteiger partial charge in [-0.05, 0) is 17.7 Å². The minimum Gasteiger partial charge on any atom is -0.347 e. The fraction of sp³-hybridized carbons (Fsp3) is 0.0769. The SMILES string of the molecule is O=C(NCc1ccncc1)c1cn2c(=O)[nH]c(=O)cc2s1. The number of aromatic amines is 1. The summed E-state index contributed by atoms with van der Waals surface area (Å²) in [4.78, 5) is 41.7. The second-order valence-corrected chi connectivity index (χ2v) is 5.34. The number of aromatic nitrogens is 3. The fourth-order valence-electron chi connectivity index (χ4n) is 1.82. The van der Waals surface area contributed by atoms with Crippen molar-refractivity contribution in [3.05, 3.63) is 68.1 Å². The van der Waals surface area contributed by atoms with Gasteiger partial charge in [-0.25, -0.2) is 4.79 Å². The van der Waals surface area contributed by atoms with Crippen molar-refractivity contribution in [1.82, 2.24) is 19.7 Å². The van der Waals surface area contributed by atoms with Crippen molar-refractivity contribution in [2.45, 2.75) is 6.54 Å². The summed E-state index contributed by atoms with van der Waals surface area (Å²) in [5, 5.41) is 2.75. The molecule has 1 amide bonds. The minimum absolute atomic E-state index is 0.299. The van der Waals surface area contributed by atoms with Gasteiger partial charge in [0, 0.05) is 31.2 Å². The molecule has 0 saturated heterocycles. The number of H-pyrrole nitrogens is 1. The highest BCUT2D eigenvalue weighted by Gasteiger charge is 2.11. The lowest BCUT2D eigenvalue weighted by atomic mass is 10.3. The van der Waals surface area contributed by atoms with Crippen LogP contribution in [0.5, 0.6) is 0 Å². The Morgan fingerprint density at radius 3 is 2.86 bits per heavy atom. The topological polar surface area (TPSA) is 96.3 Å². The minimum atomic E-state index is -0.554. The third-order valence-electron chi connectivity index (χ3n) is 2.83. The first-order valence-electron chi connectivity index (χ1n) is 6.06. The van der Waals surface area contributed by atoms with Gasteiger partial charge < -0.3 is 5.32 Å². The van der Waals surface area contributed by atoms with Crippen LogP contribution in [0.1, 0.15) is 15.2 Å². The maximum atomic E-state index is 12.1. The van der Waals surface area contributed by atoms with E-state index < -0.39 is 11.2 Å². The van der Waals surface area contributed by atoms with E-state index in [1.54, 1.807) is 24.5 Å². The number of amides is 1. The average Bonchev–Trinajstić information content (AvgIpc) is 2.90. The fourth-order valence-corrected chi connectivity index (χ4v) is 2.76. The molecule has 0 aromatic carbocycles. The van der Waals surface area contributed by atoms with Crippen LogP contribution < -0.4 is 16.6 Å². The van der Waals surface area contributed by atoms with Crippen LogP contribution in [0.2, 0.25) is 0 Å². The van der Waals surface area contributed by atoms with Gasteiger partial charge >= 0.3 is 5.69 Å². The number of pyridine rings is 1. The van der Waals surface area contributed by atoms with Crippen molar-refractivity contribution < 1.29 is 4.79 Å². The Hall–Kier alpha value is -2.74. The summed E-state index contributed by atoms with van der Waals surface area (Å²) in [5.74, 6) is -0.299. The van der Waals surface area contributed by atoms with Gasteiger partial charge in [0.2, 0.25) is 0 Å². The average molecular weight is 302 g/mol. The Bertz CT molecular complexity index is 910. The van der Waals surface area contributed by atoms with Crippen molar-refractivity contribution in [3.8, 4) is 0 Å². The van der Waals surface area contributed by atoms with Crippen molar-refractivity contribution in [1.29, 1.82) is 0 Å². The maximum absolute atomic E-state index is 12.1. The van der Waals surface area contributed by atoms with E-state index in [1.165, 1.54) is 16.7 Å². The molecule has 0 aliphatic rings.